The Morgan fingerprint density at radius 3 is 2.88 bits per heavy atom. The maximum absolute atomic E-state index is 10.6. The molecule has 0 aliphatic carbocycles. The number of methoxy groups -OCH3 is 1. The summed E-state index contributed by atoms with van der Waals surface area (Å²) in [4.78, 5) is 12.9. The van der Waals surface area contributed by atoms with Gasteiger partial charge in [-0.1, -0.05) is 17.3 Å². The van der Waals surface area contributed by atoms with Crippen molar-refractivity contribution in [2.45, 2.75) is 31.1 Å². The Kier molecular flexibility index (Phi) is 5.39. The largest absolute Gasteiger partial charge is 0.497 e. The maximum atomic E-state index is 10.6. The SMILES string of the molecule is COc1cccc(CNc2nc(Cl)nc3c2ncn3C2O[C@H](c3ccon3)[C@H](O)[C@@H]2O)c1. The number of ether oxygens (including phenoxy) is 2. The predicted octanol–water partition coefficient (Wildman–Crippen LogP) is 2.08. The summed E-state index contributed by atoms with van der Waals surface area (Å²) < 4.78 is 17.5. The highest BCUT2D eigenvalue weighted by Gasteiger charge is 2.46. The quantitative estimate of drug-likeness (QED) is 0.368. The summed E-state index contributed by atoms with van der Waals surface area (Å²) in [5.41, 5.74) is 2.12. The van der Waals surface area contributed by atoms with Crippen molar-refractivity contribution in [3.63, 3.8) is 0 Å². The molecule has 5 rings (SSSR count). The average molecular weight is 459 g/mol. The molecule has 1 aliphatic heterocycles. The van der Waals surface area contributed by atoms with Gasteiger partial charge in [-0.15, -0.1) is 0 Å². The van der Waals surface area contributed by atoms with E-state index in [4.69, 9.17) is 25.6 Å². The number of benzene rings is 1. The molecule has 3 N–H and O–H groups in total. The van der Waals surface area contributed by atoms with Gasteiger partial charge in [-0.25, -0.2) is 4.98 Å². The second-order valence-corrected chi connectivity index (χ2v) is 7.56. The van der Waals surface area contributed by atoms with Crippen molar-refractivity contribution in [2.75, 3.05) is 12.4 Å². The number of rotatable bonds is 6. The van der Waals surface area contributed by atoms with E-state index in [2.05, 4.69) is 25.4 Å². The molecule has 0 saturated carbocycles. The first-order chi connectivity index (χ1) is 15.5. The van der Waals surface area contributed by atoms with E-state index in [1.165, 1.54) is 17.2 Å². The van der Waals surface area contributed by atoms with Crippen LogP contribution in [-0.2, 0) is 11.3 Å². The number of aromatic nitrogens is 5. The van der Waals surface area contributed by atoms with E-state index in [9.17, 15) is 10.2 Å². The molecule has 1 aliphatic rings. The summed E-state index contributed by atoms with van der Waals surface area (Å²) >= 11 is 6.17. The minimum Gasteiger partial charge on any atom is -0.497 e. The van der Waals surface area contributed by atoms with Crippen molar-refractivity contribution in [2.24, 2.45) is 0 Å². The number of aliphatic hydroxyl groups excluding tert-OH is 2. The molecule has 0 amide bonds. The van der Waals surface area contributed by atoms with Crippen LogP contribution in [0.2, 0.25) is 5.28 Å². The van der Waals surface area contributed by atoms with E-state index in [0.717, 1.165) is 11.3 Å². The van der Waals surface area contributed by atoms with Gasteiger partial charge in [-0.2, -0.15) is 9.97 Å². The molecule has 32 heavy (non-hydrogen) atoms. The predicted molar refractivity (Wildman–Crippen MR) is 112 cm³/mol. The zero-order valence-corrected chi connectivity index (χ0v) is 17.5. The van der Waals surface area contributed by atoms with E-state index < -0.39 is 24.5 Å². The number of imidazole rings is 1. The van der Waals surface area contributed by atoms with Crippen molar-refractivity contribution < 1.29 is 24.2 Å². The fourth-order valence-corrected chi connectivity index (χ4v) is 3.83. The number of hydrogen-bond acceptors (Lipinski definition) is 10. The first kappa shape index (κ1) is 20.6. The van der Waals surface area contributed by atoms with Crippen LogP contribution in [0.15, 0.2) is 47.4 Å². The Balaban J connectivity index is 1.44. The molecule has 4 aromatic rings. The zero-order valence-electron chi connectivity index (χ0n) is 16.8. The van der Waals surface area contributed by atoms with Gasteiger partial charge >= 0.3 is 0 Å². The molecule has 1 fully saturated rings. The number of halogens is 1. The van der Waals surface area contributed by atoms with Gasteiger partial charge in [0.15, 0.2) is 23.2 Å². The average Bonchev–Trinajstić information content (AvgIpc) is 3.53. The van der Waals surface area contributed by atoms with Crippen LogP contribution in [-0.4, -0.2) is 54.2 Å². The second kappa shape index (κ2) is 8.36. The van der Waals surface area contributed by atoms with Crippen molar-refractivity contribution in [1.82, 2.24) is 24.7 Å². The van der Waals surface area contributed by atoms with Crippen LogP contribution in [0.1, 0.15) is 23.6 Å². The van der Waals surface area contributed by atoms with Crippen molar-refractivity contribution >= 4 is 28.6 Å². The minimum absolute atomic E-state index is 0.00604. The van der Waals surface area contributed by atoms with Gasteiger partial charge in [0.25, 0.3) is 0 Å². The Morgan fingerprint density at radius 1 is 1.22 bits per heavy atom. The monoisotopic (exact) mass is 458 g/mol. The Hall–Kier alpha value is -3.25. The molecule has 0 radical (unpaired) electrons. The van der Waals surface area contributed by atoms with E-state index in [-0.39, 0.29) is 5.28 Å². The van der Waals surface area contributed by atoms with Crippen LogP contribution in [0.4, 0.5) is 5.82 Å². The summed E-state index contributed by atoms with van der Waals surface area (Å²) in [6.45, 7) is 0.446. The van der Waals surface area contributed by atoms with Gasteiger partial charge in [-0.05, 0) is 29.3 Å². The summed E-state index contributed by atoms with van der Waals surface area (Å²) in [5, 5.41) is 28.1. The molecule has 4 heterocycles. The molecule has 0 spiro atoms. The Labute approximate surface area is 186 Å². The summed E-state index contributed by atoms with van der Waals surface area (Å²) in [7, 11) is 1.61. The third-order valence-corrected chi connectivity index (χ3v) is 5.42. The van der Waals surface area contributed by atoms with Gasteiger partial charge in [0.2, 0.25) is 5.28 Å². The summed E-state index contributed by atoms with van der Waals surface area (Å²) in [6, 6.07) is 9.16. The van der Waals surface area contributed by atoms with E-state index >= 15 is 0 Å². The van der Waals surface area contributed by atoms with Crippen LogP contribution in [0.5, 0.6) is 5.75 Å². The topological polar surface area (TPSA) is 141 Å². The molecular formula is C20H19ClN6O5. The molecule has 4 atom stereocenters. The molecule has 11 nitrogen and oxygen atoms in total. The fraction of sp³-hybridized carbons (Fsp3) is 0.300. The smallest absolute Gasteiger partial charge is 0.226 e. The van der Waals surface area contributed by atoms with Crippen LogP contribution in [0.25, 0.3) is 11.2 Å². The number of hydrogen-bond donors (Lipinski definition) is 3. The van der Waals surface area contributed by atoms with Crippen LogP contribution in [0.3, 0.4) is 0 Å². The zero-order chi connectivity index (χ0) is 22.2. The van der Waals surface area contributed by atoms with Crippen LogP contribution in [0, 0.1) is 0 Å². The fourth-order valence-electron chi connectivity index (χ4n) is 3.67. The summed E-state index contributed by atoms with van der Waals surface area (Å²) in [6.07, 6.45) is -1.48. The second-order valence-electron chi connectivity index (χ2n) is 7.22. The number of anilines is 1. The highest BCUT2D eigenvalue weighted by Crippen LogP contribution is 2.39. The Morgan fingerprint density at radius 2 is 2.09 bits per heavy atom. The lowest BCUT2D eigenvalue weighted by Crippen LogP contribution is -2.29. The molecule has 166 valence electrons. The molecule has 12 heteroatoms. The summed E-state index contributed by atoms with van der Waals surface area (Å²) in [5.74, 6) is 1.16. The normalized spacial score (nSPS) is 23.0. The standard InChI is InChI=1S/C20H19ClN6O5/c1-30-11-4-2-3-10(7-11)8-22-17-13-18(25-20(21)24-17)27(9-23-13)19-15(29)14(28)16(32-19)12-5-6-31-26-12/h2-7,9,14-16,19,28-29H,8H2,1H3,(H,22,24,25)/t14-,15+,16-,19?/m1/s1. The molecule has 1 aromatic carbocycles. The van der Waals surface area contributed by atoms with Crippen molar-refractivity contribution in [3.05, 3.63) is 59.5 Å². The van der Waals surface area contributed by atoms with Crippen molar-refractivity contribution in [1.29, 1.82) is 0 Å². The lowest BCUT2D eigenvalue weighted by Gasteiger charge is -2.16. The first-order valence-corrected chi connectivity index (χ1v) is 10.1. The van der Waals surface area contributed by atoms with E-state index in [1.807, 2.05) is 24.3 Å². The van der Waals surface area contributed by atoms with Gasteiger partial charge in [0, 0.05) is 12.6 Å². The molecule has 3 aromatic heterocycles. The third kappa shape index (κ3) is 3.65. The Bertz CT molecular complexity index is 1230. The van der Waals surface area contributed by atoms with E-state index in [1.54, 1.807) is 13.2 Å². The van der Waals surface area contributed by atoms with Crippen LogP contribution < -0.4 is 10.1 Å². The highest BCUT2D eigenvalue weighted by molar-refractivity contribution is 6.28. The number of aliphatic hydroxyl groups is 2. The lowest BCUT2D eigenvalue weighted by atomic mass is 10.1. The molecule has 1 saturated heterocycles. The van der Waals surface area contributed by atoms with Gasteiger partial charge in [-0.3, -0.25) is 4.57 Å². The lowest BCUT2D eigenvalue weighted by molar-refractivity contribution is -0.0377. The molecular weight excluding hydrogens is 440 g/mol. The molecule has 0 bridgehead atoms. The highest BCUT2D eigenvalue weighted by atomic mass is 35.5. The van der Waals surface area contributed by atoms with Gasteiger partial charge < -0.3 is 29.5 Å². The number of nitrogens with zero attached hydrogens (tertiary/aromatic N) is 5. The first-order valence-electron chi connectivity index (χ1n) is 9.74. The molecule has 1 unspecified atom stereocenters. The van der Waals surface area contributed by atoms with Crippen LogP contribution >= 0.6 is 11.6 Å². The van der Waals surface area contributed by atoms with Gasteiger partial charge in [0.05, 0.1) is 13.4 Å². The third-order valence-electron chi connectivity index (χ3n) is 5.25. The van der Waals surface area contributed by atoms with E-state index in [0.29, 0.717) is 29.2 Å². The van der Waals surface area contributed by atoms with Crippen molar-refractivity contribution in [3.8, 4) is 5.75 Å². The number of nitrogens with one attached hydrogen (secondary N) is 1. The van der Waals surface area contributed by atoms with Gasteiger partial charge in [0.1, 0.15) is 36.0 Å². The maximum Gasteiger partial charge on any atom is 0.226 e. The minimum atomic E-state index is -1.25. The number of fused-ring (bicyclic) bond motifs is 1.